The molecule has 0 aliphatic heterocycles. The molecule has 1 heterocycles. The van der Waals surface area contributed by atoms with Gasteiger partial charge in [-0.25, -0.2) is 0 Å². The van der Waals surface area contributed by atoms with E-state index >= 15 is 0 Å². The number of hydrogen-bond donors (Lipinski definition) is 1. The highest BCUT2D eigenvalue weighted by Gasteiger charge is 2.06. The number of nitrogens with zero attached hydrogens (tertiary/aromatic N) is 2. The van der Waals surface area contributed by atoms with Gasteiger partial charge >= 0.3 is 0 Å². The fraction of sp³-hybridized carbons (Fsp3) is 0.100. The van der Waals surface area contributed by atoms with Crippen LogP contribution in [0.1, 0.15) is 0 Å². The molecule has 1 N–H and O–H groups in total. The minimum Gasteiger partial charge on any atom is -0.298 e. The fourth-order valence-electron chi connectivity index (χ4n) is 1.21. The lowest BCUT2D eigenvalue weighted by atomic mass is 10.2. The maximum Gasteiger partial charge on any atom is 0.278 e. The van der Waals surface area contributed by atoms with Gasteiger partial charge in [0.05, 0.1) is 0 Å². The molecule has 0 spiro atoms. The minimum atomic E-state index is -0.248. The predicted molar refractivity (Wildman–Crippen MR) is 64.9 cm³/mol. The van der Waals surface area contributed by atoms with Crippen LogP contribution in [0.5, 0.6) is 0 Å². The Morgan fingerprint density at radius 2 is 1.94 bits per heavy atom. The number of nitrogens with one attached hydrogen (secondary N) is 1. The van der Waals surface area contributed by atoms with Crippen molar-refractivity contribution in [2.24, 2.45) is 0 Å². The van der Waals surface area contributed by atoms with Gasteiger partial charge in [0.2, 0.25) is 0 Å². The van der Waals surface area contributed by atoms with E-state index in [0.29, 0.717) is 21.4 Å². The molecule has 1 aromatic carbocycles. The minimum absolute atomic E-state index is 0.248. The number of aromatic amines is 1. The molecule has 0 aliphatic rings. The van der Waals surface area contributed by atoms with Crippen molar-refractivity contribution in [2.75, 3.05) is 6.26 Å². The van der Waals surface area contributed by atoms with Crippen molar-refractivity contribution >= 4 is 23.4 Å². The second-order valence-electron chi connectivity index (χ2n) is 3.02. The van der Waals surface area contributed by atoms with Crippen molar-refractivity contribution in [1.82, 2.24) is 15.2 Å². The first kappa shape index (κ1) is 11.2. The van der Waals surface area contributed by atoms with Crippen LogP contribution in [0.3, 0.4) is 0 Å². The van der Waals surface area contributed by atoms with Gasteiger partial charge < -0.3 is 0 Å². The summed E-state index contributed by atoms with van der Waals surface area (Å²) in [6, 6.07) is 6.89. The summed E-state index contributed by atoms with van der Waals surface area (Å²) >= 11 is 7.10. The van der Waals surface area contributed by atoms with E-state index in [1.54, 1.807) is 24.3 Å². The van der Waals surface area contributed by atoms with Gasteiger partial charge in [-0.1, -0.05) is 35.5 Å². The van der Waals surface area contributed by atoms with Gasteiger partial charge in [-0.2, -0.15) is 0 Å². The lowest BCUT2D eigenvalue weighted by Gasteiger charge is -2.00. The van der Waals surface area contributed by atoms with Crippen molar-refractivity contribution in [2.45, 2.75) is 5.16 Å². The molecule has 0 radical (unpaired) electrons. The smallest absolute Gasteiger partial charge is 0.278 e. The number of rotatable bonds is 2. The van der Waals surface area contributed by atoms with Gasteiger partial charge in [0.15, 0.2) is 10.9 Å². The summed E-state index contributed by atoms with van der Waals surface area (Å²) in [6.45, 7) is 0. The topological polar surface area (TPSA) is 58.6 Å². The largest absolute Gasteiger partial charge is 0.298 e. The van der Waals surface area contributed by atoms with E-state index in [-0.39, 0.29) is 5.56 Å². The average Bonchev–Trinajstić information content (AvgIpc) is 2.30. The molecule has 82 valence electrons. The van der Waals surface area contributed by atoms with Gasteiger partial charge in [0, 0.05) is 10.6 Å². The van der Waals surface area contributed by atoms with Crippen LogP contribution in [-0.2, 0) is 0 Å². The van der Waals surface area contributed by atoms with E-state index in [1.807, 2.05) is 6.26 Å². The van der Waals surface area contributed by atoms with Crippen LogP contribution in [0.4, 0.5) is 0 Å². The third kappa shape index (κ3) is 2.25. The number of H-pyrrole nitrogens is 1. The average molecular weight is 254 g/mol. The van der Waals surface area contributed by atoms with Crippen molar-refractivity contribution in [3.05, 3.63) is 39.6 Å². The maximum absolute atomic E-state index is 11.7. The van der Waals surface area contributed by atoms with Gasteiger partial charge in [0.1, 0.15) is 0 Å². The lowest BCUT2D eigenvalue weighted by Crippen LogP contribution is -2.13. The van der Waals surface area contributed by atoms with Crippen molar-refractivity contribution in [3.63, 3.8) is 0 Å². The number of thioether (sulfide) groups is 1. The molecular weight excluding hydrogens is 246 g/mol. The van der Waals surface area contributed by atoms with Crippen LogP contribution < -0.4 is 5.56 Å². The molecule has 0 atom stereocenters. The van der Waals surface area contributed by atoms with Gasteiger partial charge in [-0.05, 0) is 18.4 Å². The molecule has 1 aromatic heterocycles. The van der Waals surface area contributed by atoms with Gasteiger partial charge in [-0.3, -0.25) is 9.78 Å². The van der Waals surface area contributed by atoms with E-state index in [0.717, 1.165) is 0 Å². The van der Waals surface area contributed by atoms with E-state index < -0.39 is 0 Å². The molecule has 16 heavy (non-hydrogen) atoms. The summed E-state index contributed by atoms with van der Waals surface area (Å²) in [7, 11) is 0. The van der Waals surface area contributed by atoms with Crippen molar-refractivity contribution < 1.29 is 0 Å². The Kier molecular flexibility index (Phi) is 3.26. The van der Waals surface area contributed by atoms with E-state index in [9.17, 15) is 4.79 Å². The zero-order valence-corrected chi connectivity index (χ0v) is 9.97. The Bertz CT molecular complexity index is 553. The van der Waals surface area contributed by atoms with Crippen LogP contribution in [0.15, 0.2) is 34.2 Å². The predicted octanol–water partition coefficient (Wildman–Crippen LogP) is 2.21. The summed E-state index contributed by atoms with van der Waals surface area (Å²) in [4.78, 5) is 14.3. The third-order valence-corrected chi connectivity index (χ3v) is 2.81. The van der Waals surface area contributed by atoms with Crippen molar-refractivity contribution in [3.8, 4) is 11.3 Å². The lowest BCUT2D eigenvalue weighted by molar-refractivity contribution is 0.826. The molecule has 0 amide bonds. The van der Waals surface area contributed by atoms with E-state index in [4.69, 9.17) is 11.6 Å². The van der Waals surface area contributed by atoms with Crippen LogP contribution in [0, 0.1) is 0 Å². The standard InChI is InChI=1S/C10H8ClN3OS/c1-16-10-12-9(15)8(13-14-10)6-2-4-7(11)5-3-6/h2-5H,1H3,(H,12,14,15). The first-order valence-corrected chi connectivity index (χ1v) is 6.08. The first-order valence-electron chi connectivity index (χ1n) is 4.47. The highest BCUT2D eigenvalue weighted by Crippen LogP contribution is 2.16. The Morgan fingerprint density at radius 3 is 2.50 bits per heavy atom. The maximum atomic E-state index is 11.7. The molecule has 0 bridgehead atoms. The second-order valence-corrected chi connectivity index (χ2v) is 4.25. The molecule has 0 saturated heterocycles. The zero-order chi connectivity index (χ0) is 11.5. The number of halogens is 1. The Labute approximate surface area is 101 Å². The van der Waals surface area contributed by atoms with E-state index in [1.165, 1.54) is 11.8 Å². The van der Waals surface area contributed by atoms with Crippen LogP contribution in [0.2, 0.25) is 5.02 Å². The number of aromatic nitrogens is 3. The molecular formula is C10H8ClN3OS. The van der Waals surface area contributed by atoms with Crippen molar-refractivity contribution in [1.29, 1.82) is 0 Å². The fourth-order valence-corrected chi connectivity index (χ4v) is 1.65. The Morgan fingerprint density at radius 1 is 1.25 bits per heavy atom. The molecule has 0 saturated carbocycles. The van der Waals surface area contributed by atoms with E-state index in [2.05, 4.69) is 15.2 Å². The van der Waals surface area contributed by atoms with Crippen LogP contribution in [-0.4, -0.2) is 21.4 Å². The van der Waals surface area contributed by atoms with Crippen LogP contribution >= 0.6 is 23.4 Å². The highest BCUT2D eigenvalue weighted by atomic mass is 35.5. The molecule has 6 heteroatoms. The molecule has 0 unspecified atom stereocenters. The van der Waals surface area contributed by atoms with Gasteiger partial charge in [0.25, 0.3) is 5.56 Å². The Balaban J connectivity index is 2.48. The monoisotopic (exact) mass is 253 g/mol. The van der Waals surface area contributed by atoms with Gasteiger partial charge in [-0.15, -0.1) is 10.2 Å². The molecule has 0 fully saturated rings. The second kappa shape index (κ2) is 4.67. The number of benzene rings is 1. The Hall–Kier alpha value is -1.33. The molecule has 2 aromatic rings. The zero-order valence-electron chi connectivity index (χ0n) is 8.40. The molecule has 4 nitrogen and oxygen atoms in total. The SMILES string of the molecule is CSc1nnc(-c2ccc(Cl)cc2)c(=O)[nH]1. The number of hydrogen-bond acceptors (Lipinski definition) is 4. The third-order valence-electron chi connectivity index (χ3n) is 1.99. The highest BCUT2D eigenvalue weighted by molar-refractivity contribution is 7.98. The van der Waals surface area contributed by atoms with Crippen LogP contribution in [0.25, 0.3) is 11.3 Å². The normalized spacial score (nSPS) is 10.4. The summed E-state index contributed by atoms with van der Waals surface area (Å²) < 4.78 is 0. The molecule has 0 aliphatic carbocycles. The quantitative estimate of drug-likeness (QED) is 0.834. The summed E-state index contributed by atoms with van der Waals surface area (Å²) in [5.41, 5.74) is 0.752. The summed E-state index contributed by atoms with van der Waals surface area (Å²) in [5, 5.41) is 8.89. The summed E-state index contributed by atoms with van der Waals surface area (Å²) in [6.07, 6.45) is 1.82. The molecule has 2 rings (SSSR count). The summed E-state index contributed by atoms with van der Waals surface area (Å²) in [5.74, 6) is 0. The first-order chi connectivity index (χ1) is 7.70.